The van der Waals surface area contributed by atoms with Crippen molar-refractivity contribution in [3.05, 3.63) is 23.8 Å². The third kappa shape index (κ3) is 2.29. The molecule has 0 amide bonds. The lowest BCUT2D eigenvalue weighted by Gasteiger charge is -2.08. The van der Waals surface area contributed by atoms with Crippen molar-refractivity contribution in [3.8, 4) is 0 Å². The molecule has 0 aliphatic heterocycles. The molecule has 0 aliphatic rings. The smallest absolute Gasteiger partial charge is 0.0618 e. The number of hydrogen-bond acceptors (Lipinski definition) is 2. The highest BCUT2D eigenvalue weighted by Crippen LogP contribution is 2.10. The van der Waals surface area contributed by atoms with Crippen molar-refractivity contribution in [3.63, 3.8) is 0 Å². The Labute approximate surface area is 74.1 Å². The zero-order valence-electron chi connectivity index (χ0n) is 8.04. The normalized spacial score (nSPS) is 12.9. The Morgan fingerprint density at radius 3 is 2.58 bits per heavy atom. The predicted molar refractivity (Wildman–Crippen MR) is 49.9 cm³/mol. The van der Waals surface area contributed by atoms with E-state index in [1.54, 1.807) is 12.4 Å². The quantitative estimate of drug-likeness (QED) is 0.685. The van der Waals surface area contributed by atoms with Crippen LogP contribution < -0.4 is 0 Å². The van der Waals surface area contributed by atoms with Crippen molar-refractivity contribution in [2.45, 2.75) is 33.6 Å². The molecule has 0 aromatic carbocycles. The van der Waals surface area contributed by atoms with Crippen LogP contribution in [0.3, 0.4) is 0 Å². The van der Waals surface area contributed by atoms with Gasteiger partial charge in [-0.1, -0.05) is 20.3 Å². The molecule has 0 bridgehead atoms. The van der Waals surface area contributed by atoms with Crippen LogP contribution in [0.4, 0.5) is 0 Å². The van der Waals surface area contributed by atoms with Crippen LogP contribution in [0.25, 0.3) is 0 Å². The van der Waals surface area contributed by atoms with Crippen molar-refractivity contribution >= 4 is 0 Å². The second-order valence-corrected chi connectivity index (χ2v) is 3.31. The number of nitrogens with zero attached hydrogens (tertiary/aromatic N) is 2. The lowest BCUT2D eigenvalue weighted by atomic mass is 10.0. The first-order valence-corrected chi connectivity index (χ1v) is 4.50. The summed E-state index contributed by atoms with van der Waals surface area (Å²) in [5.41, 5.74) is 2.21. The van der Waals surface area contributed by atoms with Gasteiger partial charge in [0.25, 0.3) is 0 Å². The Morgan fingerprint density at radius 1 is 1.33 bits per heavy atom. The second-order valence-electron chi connectivity index (χ2n) is 3.31. The highest BCUT2D eigenvalue weighted by Gasteiger charge is 2.04. The summed E-state index contributed by atoms with van der Waals surface area (Å²) in [6.45, 7) is 6.47. The molecule has 2 nitrogen and oxygen atoms in total. The summed E-state index contributed by atoms with van der Waals surface area (Å²) < 4.78 is 0. The standard InChI is InChI=1S/C10H16N2/c1-4-8(2)7-10-9(3)11-5-6-12-10/h5-6,8H,4,7H2,1-3H3/t8-/m0/s1. The molecule has 0 saturated carbocycles. The van der Waals surface area contributed by atoms with Gasteiger partial charge in [-0.15, -0.1) is 0 Å². The van der Waals surface area contributed by atoms with Crippen LogP contribution in [-0.4, -0.2) is 9.97 Å². The van der Waals surface area contributed by atoms with Crippen molar-refractivity contribution in [2.75, 3.05) is 0 Å². The van der Waals surface area contributed by atoms with E-state index < -0.39 is 0 Å². The summed E-state index contributed by atoms with van der Waals surface area (Å²) in [6.07, 6.45) is 5.77. The summed E-state index contributed by atoms with van der Waals surface area (Å²) in [5, 5.41) is 0. The van der Waals surface area contributed by atoms with Gasteiger partial charge in [0.05, 0.1) is 11.4 Å². The molecule has 0 N–H and O–H groups in total. The van der Waals surface area contributed by atoms with E-state index in [1.807, 2.05) is 6.92 Å². The Hall–Kier alpha value is -0.920. The highest BCUT2D eigenvalue weighted by molar-refractivity contribution is 5.08. The van der Waals surface area contributed by atoms with Gasteiger partial charge in [0.2, 0.25) is 0 Å². The van der Waals surface area contributed by atoms with E-state index in [4.69, 9.17) is 0 Å². The molecule has 0 radical (unpaired) electrons. The van der Waals surface area contributed by atoms with Gasteiger partial charge in [0, 0.05) is 12.4 Å². The molecule has 12 heavy (non-hydrogen) atoms. The van der Waals surface area contributed by atoms with Crippen LogP contribution in [0, 0.1) is 12.8 Å². The van der Waals surface area contributed by atoms with Crippen molar-refractivity contribution < 1.29 is 0 Å². The molecule has 1 atom stereocenters. The minimum atomic E-state index is 0.709. The highest BCUT2D eigenvalue weighted by atomic mass is 14.8. The molecule has 0 fully saturated rings. The summed E-state index contributed by atoms with van der Waals surface area (Å²) >= 11 is 0. The first-order chi connectivity index (χ1) is 5.74. The van der Waals surface area contributed by atoms with Crippen LogP contribution in [0.2, 0.25) is 0 Å². The van der Waals surface area contributed by atoms with Gasteiger partial charge in [-0.25, -0.2) is 0 Å². The van der Waals surface area contributed by atoms with E-state index in [1.165, 1.54) is 6.42 Å². The maximum Gasteiger partial charge on any atom is 0.0618 e. The zero-order chi connectivity index (χ0) is 8.97. The van der Waals surface area contributed by atoms with Crippen molar-refractivity contribution in [2.24, 2.45) is 5.92 Å². The number of hydrogen-bond donors (Lipinski definition) is 0. The zero-order valence-corrected chi connectivity index (χ0v) is 8.04. The number of rotatable bonds is 3. The van der Waals surface area contributed by atoms with Gasteiger partial charge in [-0.2, -0.15) is 0 Å². The second kappa shape index (κ2) is 4.19. The number of aryl methyl sites for hydroxylation is 1. The summed E-state index contributed by atoms with van der Waals surface area (Å²) in [4.78, 5) is 8.51. The predicted octanol–water partition coefficient (Wildman–Crippen LogP) is 2.37. The Bertz CT molecular complexity index is 245. The van der Waals surface area contributed by atoms with Gasteiger partial charge in [0.1, 0.15) is 0 Å². The van der Waals surface area contributed by atoms with Crippen LogP contribution in [0.15, 0.2) is 12.4 Å². The lowest BCUT2D eigenvalue weighted by Crippen LogP contribution is -2.03. The average Bonchev–Trinajstić information content (AvgIpc) is 2.09. The molecule has 1 rings (SSSR count). The van der Waals surface area contributed by atoms with E-state index in [0.717, 1.165) is 17.8 Å². The minimum absolute atomic E-state index is 0.709. The third-order valence-electron chi connectivity index (χ3n) is 2.22. The molecular weight excluding hydrogens is 148 g/mol. The molecule has 0 unspecified atom stereocenters. The molecular formula is C10H16N2. The Balaban J connectivity index is 2.69. The van der Waals surface area contributed by atoms with E-state index in [0.29, 0.717) is 5.92 Å². The summed E-state index contributed by atoms with van der Waals surface area (Å²) in [6, 6.07) is 0. The average molecular weight is 164 g/mol. The topological polar surface area (TPSA) is 25.8 Å². The SMILES string of the molecule is CC[C@H](C)Cc1nccnc1C. The van der Waals surface area contributed by atoms with E-state index in [9.17, 15) is 0 Å². The van der Waals surface area contributed by atoms with Gasteiger partial charge in [0.15, 0.2) is 0 Å². The minimum Gasteiger partial charge on any atom is -0.258 e. The van der Waals surface area contributed by atoms with Crippen LogP contribution >= 0.6 is 0 Å². The molecule has 1 aromatic rings. The van der Waals surface area contributed by atoms with Crippen LogP contribution in [-0.2, 0) is 6.42 Å². The first-order valence-electron chi connectivity index (χ1n) is 4.50. The largest absolute Gasteiger partial charge is 0.258 e. The maximum absolute atomic E-state index is 4.30. The first kappa shape index (κ1) is 9.17. The number of aromatic nitrogens is 2. The fraction of sp³-hybridized carbons (Fsp3) is 0.600. The molecule has 0 spiro atoms. The molecule has 0 aliphatic carbocycles. The molecule has 0 saturated heterocycles. The van der Waals surface area contributed by atoms with Crippen molar-refractivity contribution in [1.82, 2.24) is 9.97 Å². The van der Waals surface area contributed by atoms with Crippen LogP contribution in [0.5, 0.6) is 0 Å². The van der Waals surface area contributed by atoms with Crippen molar-refractivity contribution in [1.29, 1.82) is 0 Å². The summed E-state index contributed by atoms with van der Waals surface area (Å²) in [7, 11) is 0. The maximum atomic E-state index is 4.30. The molecule has 66 valence electrons. The van der Waals surface area contributed by atoms with Gasteiger partial charge >= 0.3 is 0 Å². The molecule has 2 heteroatoms. The van der Waals surface area contributed by atoms with Gasteiger partial charge in [-0.3, -0.25) is 9.97 Å². The Kier molecular flexibility index (Phi) is 3.20. The molecule has 1 heterocycles. The van der Waals surface area contributed by atoms with Gasteiger partial charge < -0.3 is 0 Å². The van der Waals surface area contributed by atoms with E-state index >= 15 is 0 Å². The lowest BCUT2D eigenvalue weighted by molar-refractivity contribution is 0.549. The van der Waals surface area contributed by atoms with Crippen LogP contribution in [0.1, 0.15) is 31.7 Å². The fourth-order valence-corrected chi connectivity index (χ4v) is 1.11. The van der Waals surface area contributed by atoms with E-state index in [2.05, 4.69) is 23.8 Å². The summed E-state index contributed by atoms with van der Waals surface area (Å²) in [5.74, 6) is 0.709. The fourth-order valence-electron chi connectivity index (χ4n) is 1.11. The molecule has 1 aromatic heterocycles. The monoisotopic (exact) mass is 164 g/mol. The van der Waals surface area contributed by atoms with E-state index in [-0.39, 0.29) is 0 Å². The van der Waals surface area contributed by atoms with Gasteiger partial charge in [-0.05, 0) is 19.3 Å². The Morgan fingerprint density at radius 2 is 2.00 bits per heavy atom. The third-order valence-corrected chi connectivity index (χ3v) is 2.22.